The second-order valence-corrected chi connectivity index (χ2v) is 14.1. The number of sulfonamides is 1. The number of urea groups is 1. The van der Waals surface area contributed by atoms with Gasteiger partial charge >= 0.3 is 12.1 Å². The summed E-state index contributed by atoms with van der Waals surface area (Å²) in [6.07, 6.45) is 3.73. The monoisotopic (exact) mass is 599 g/mol. The fourth-order valence-corrected chi connectivity index (χ4v) is 7.79. The molecule has 0 saturated heterocycles. The molecule has 1 heterocycles. The van der Waals surface area contributed by atoms with Gasteiger partial charge in [0.15, 0.2) is 0 Å². The lowest BCUT2D eigenvalue weighted by Crippen LogP contribution is -2.40. The first-order chi connectivity index (χ1) is 19.3. The van der Waals surface area contributed by atoms with Crippen LogP contribution in [0.1, 0.15) is 75.9 Å². The molecule has 0 spiro atoms. The zero-order chi connectivity index (χ0) is 29.8. The van der Waals surface area contributed by atoms with Crippen LogP contribution >= 0.6 is 11.3 Å². The number of benzene rings is 2. The Bertz CT molecular complexity index is 1480. The molecule has 1 atom stereocenters. The number of nitrogens with one attached hydrogen (secondary N) is 4. The lowest BCUT2D eigenvalue weighted by Gasteiger charge is -2.27. The average molecular weight is 600 g/mol. The first kappa shape index (κ1) is 30.5. The number of thiazole rings is 1. The molecule has 220 valence electrons. The maximum absolute atomic E-state index is 13.6. The van der Waals surface area contributed by atoms with E-state index in [0.29, 0.717) is 16.1 Å². The minimum absolute atomic E-state index is 0.0471. The molecule has 0 bridgehead atoms. The van der Waals surface area contributed by atoms with Crippen molar-refractivity contribution in [1.82, 2.24) is 20.3 Å². The average Bonchev–Trinajstić information content (AvgIpc) is 3.38. The second kappa shape index (κ2) is 12.6. The topological polar surface area (TPSA) is 150 Å². The number of amides is 3. The molecule has 3 aromatic rings. The first-order valence-electron chi connectivity index (χ1n) is 13.6. The first-order valence-corrected chi connectivity index (χ1v) is 15.9. The number of aromatic nitrogens is 1. The number of rotatable bonds is 8. The van der Waals surface area contributed by atoms with Crippen molar-refractivity contribution in [1.29, 1.82) is 0 Å². The lowest BCUT2D eigenvalue weighted by molar-refractivity contribution is 0.185. The number of nitrogens with zero attached hydrogens (tertiary/aromatic N) is 1. The zero-order valence-corrected chi connectivity index (χ0v) is 25.2. The Morgan fingerprint density at radius 2 is 1.73 bits per heavy atom. The Kier molecular flexibility index (Phi) is 9.35. The van der Waals surface area contributed by atoms with E-state index in [1.807, 2.05) is 37.3 Å². The predicted molar refractivity (Wildman–Crippen MR) is 161 cm³/mol. The molecule has 1 fully saturated rings. The minimum Gasteiger partial charge on any atom is -0.465 e. The van der Waals surface area contributed by atoms with Gasteiger partial charge in [0.25, 0.3) is 0 Å². The van der Waals surface area contributed by atoms with E-state index in [9.17, 15) is 18.0 Å². The Labute approximate surface area is 245 Å². The highest BCUT2D eigenvalue weighted by atomic mass is 32.2. The van der Waals surface area contributed by atoms with E-state index in [0.717, 1.165) is 36.3 Å². The Hall–Kier alpha value is -3.48. The van der Waals surface area contributed by atoms with Gasteiger partial charge in [0.1, 0.15) is 0 Å². The van der Waals surface area contributed by atoms with Crippen LogP contribution in [0.5, 0.6) is 0 Å². The van der Waals surface area contributed by atoms with Crippen molar-refractivity contribution >= 4 is 39.2 Å². The van der Waals surface area contributed by atoms with Crippen LogP contribution in [0.25, 0.3) is 10.4 Å². The van der Waals surface area contributed by atoms with Gasteiger partial charge in [-0.25, -0.2) is 27.7 Å². The molecule has 1 aromatic heterocycles. The molecule has 3 amide bonds. The number of hydrogen-bond donors (Lipinski definition) is 5. The highest BCUT2D eigenvalue weighted by molar-refractivity contribution is 7.89. The summed E-state index contributed by atoms with van der Waals surface area (Å²) in [6.45, 7) is 7.18. The van der Waals surface area contributed by atoms with Gasteiger partial charge in [0.05, 0.1) is 20.8 Å². The third-order valence-corrected chi connectivity index (χ3v) is 9.80. The standard InChI is InChI=1S/C29H37N5O5S2/c1-18(19-8-6-5-7-9-19)31-27(35)32-22-14-15-23(25(16-22)41(38,39)34-29(2,3)4)24-17-30-26(40-24)20-10-12-21(13-11-20)33-28(36)37/h5-9,14-18,20-21,33-34H,10-13H2,1-4H3,(H,36,37)(H2,31,32,35)/t18-,20?,21?/m1/s1. The van der Waals surface area contributed by atoms with Crippen LogP contribution < -0.4 is 20.7 Å². The third kappa shape index (κ3) is 8.27. The van der Waals surface area contributed by atoms with Gasteiger partial charge in [-0.3, -0.25) is 0 Å². The molecule has 0 radical (unpaired) electrons. The van der Waals surface area contributed by atoms with Gasteiger partial charge in [0, 0.05) is 34.9 Å². The summed E-state index contributed by atoms with van der Waals surface area (Å²) in [6, 6.07) is 13.6. The molecule has 0 aliphatic heterocycles. The summed E-state index contributed by atoms with van der Waals surface area (Å²) in [7, 11) is -3.96. The molecule has 0 unspecified atom stereocenters. The van der Waals surface area contributed by atoms with Gasteiger partial charge in [-0.1, -0.05) is 36.4 Å². The van der Waals surface area contributed by atoms with E-state index >= 15 is 0 Å². The Morgan fingerprint density at radius 3 is 2.37 bits per heavy atom. The minimum atomic E-state index is -3.96. The normalized spacial score (nSPS) is 18.3. The molecule has 1 aliphatic rings. The maximum Gasteiger partial charge on any atom is 0.404 e. The van der Waals surface area contributed by atoms with Crippen molar-refractivity contribution < 1.29 is 23.1 Å². The SMILES string of the molecule is C[C@@H](NC(=O)Nc1ccc(-c2cnc(C3CCC(NC(=O)O)CC3)s2)c(S(=O)(=O)NC(C)(C)C)c1)c1ccccc1. The summed E-state index contributed by atoms with van der Waals surface area (Å²) in [5, 5.41) is 18.1. The van der Waals surface area contributed by atoms with Gasteiger partial charge < -0.3 is 21.1 Å². The van der Waals surface area contributed by atoms with Gasteiger partial charge in [0.2, 0.25) is 10.0 Å². The molecule has 1 saturated carbocycles. The molecule has 41 heavy (non-hydrogen) atoms. The largest absolute Gasteiger partial charge is 0.465 e. The summed E-state index contributed by atoms with van der Waals surface area (Å²) in [4.78, 5) is 29.1. The van der Waals surface area contributed by atoms with Gasteiger partial charge in [-0.05, 0) is 71.1 Å². The van der Waals surface area contributed by atoms with Crippen LogP contribution in [0.3, 0.4) is 0 Å². The number of carboxylic acid groups (broad SMARTS) is 1. The molecular formula is C29H37N5O5S2. The molecule has 4 rings (SSSR count). The van der Waals surface area contributed by atoms with Gasteiger partial charge in [-0.15, -0.1) is 11.3 Å². The molecule has 12 heteroatoms. The van der Waals surface area contributed by atoms with Gasteiger partial charge in [-0.2, -0.15) is 0 Å². The van der Waals surface area contributed by atoms with Crippen LogP contribution in [0.4, 0.5) is 15.3 Å². The Morgan fingerprint density at radius 1 is 1.05 bits per heavy atom. The molecule has 5 N–H and O–H groups in total. The third-order valence-electron chi connectivity index (χ3n) is 6.81. The number of hydrogen-bond acceptors (Lipinski definition) is 6. The maximum atomic E-state index is 13.6. The predicted octanol–water partition coefficient (Wildman–Crippen LogP) is 6.06. The van der Waals surface area contributed by atoms with Crippen molar-refractivity contribution in [2.75, 3.05) is 5.32 Å². The van der Waals surface area contributed by atoms with Crippen LogP contribution in [-0.4, -0.2) is 42.2 Å². The van der Waals surface area contributed by atoms with E-state index in [1.54, 1.807) is 39.1 Å². The lowest BCUT2D eigenvalue weighted by atomic mass is 9.86. The summed E-state index contributed by atoms with van der Waals surface area (Å²) in [5.41, 5.74) is 1.07. The molecule has 1 aliphatic carbocycles. The van der Waals surface area contributed by atoms with E-state index in [-0.39, 0.29) is 22.9 Å². The van der Waals surface area contributed by atoms with Crippen molar-refractivity contribution in [2.45, 2.75) is 81.8 Å². The van der Waals surface area contributed by atoms with E-state index < -0.39 is 27.7 Å². The van der Waals surface area contributed by atoms with Crippen LogP contribution in [0.2, 0.25) is 0 Å². The van der Waals surface area contributed by atoms with E-state index in [2.05, 4.69) is 25.7 Å². The summed E-state index contributed by atoms with van der Waals surface area (Å²) in [5.74, 6) is 0.185. The zero-order valence-electron chi connectivity index (χ0n) is 23.6. The van der Waals surface area contributed by atoms with Crippen molar-refractivity contribution in [3.05, 3.63) is 65.3 Å². The summed E-state index contributed by atoms with van der Waals surface area (Å²) < 4.78 is 29.9. The molecular weight excluding hydrogens is 562 g/mol. The molecule has 10 nitrogen and oxygen atoms in total. The number of carbonyl (C=O) groups excluding carboxylic acids is 1. The van der Waals surface area contributed by atoms with Crippen LogP contribution in [-0.2, 0) is 10.0 Å². The highest BCUT2D eigenvalue weighted by Crippen LogP contribution is 2.40. The Balaban J connectivity index is 1.57. The number of anilines is 1. The second-order valence-electron chi connectivity index (χ2n) is 11.4. The highest BCUT2D eigenvalue weighted by Gasteiger charge is 2.29. The van der Waals surface area contributed by atoms with Crippen molar-refractivity contribution in [3.8, 4) is 10.4 Å². The van der Waals surface area contributed by atoms with Crippen LogP contribution in [0, 0.1) is 0 Å². The van der Waals surface area contributed by atoms with E-state index in [4.69, 9.17) is 5.11 Å². The van der Waals surface area contributed by atoms with Crippen molar-refractivity contribution in [3.63, 3.8) is 0 Å². The van der Waals surface area contributed by atoms with E-state index in [1.165, 1.54) is 17.4 Å². The van der Waals surface area contributed by atoms with Crippen molar-refractivity contribution in [2.24, 2.45) is 0 Å². The number of carbonyl (C=O) groups is 2. The quantitative estimate of drug-likeness (QED) is 0.212. The smallest absolute Gasteiger partial charge is 0.404 e. The fourth-order valence-electron chi connectivity index (χ4n) is 4.93. The summed E-state index contributed by atoms with van der Waals surface area (Å²) >= 11 is 1.44. The molecule has 2 aromatic carbocycles. The van der Waals surface area contributed by atoms with Crippen LogP contribution in [0.15, 0.2) is 59.6 Å². The fraction of sp³-hybridized carbons (Fsp3) is 0.414.